The first kappa shape index (κ1) is 19.9. The highest BCUT2D eigenvalue weighted by atomic mass is 16.7. The second kappa shape index (κ2) is 8.25. The summed E-state index contributed by atoms with van der Waals surface area (Å²) in [7, 11) is 0. The minimum absolute atomic E-state index is 0.0477. The highest BCUT2D eigenvalue weighted by molar-refractivity contribution is 5.29. The Labute approximate surface area is 177 Å². The summed E-state index contributed by atoms with van der Waals surface area (Å²) < 4.78 is 13.6. The van der Waals surface area contributed by atoms with Crippen molar-refractivity contribution in [2.75, 3.05) is 0 Å². The molecule has 2 heteroatoms. The van der Waals surface area contributed by atoms with E-state index in [0.29, 0.717) is 12.0 Å². The van der Waals surface area contributed by atoms with Crippen LogP contribution in [0, 0.1) is 23.2 Å². The van der Waals surface area contributed by atoms with Gasteiger partial charge in [-0.15, -0.1) is 0 Å². The summed E-state index contributed by atoms with van der Waals surface area (Å²) in [5, 5.41) is 0. The third kappa shape index (κ3) is 4.11. The van der Waals surface area contributed by atoms with Gasteiger partial charge in [-0.3, -0.25) is 0 Å². The average molecular weight is 397 g/mol. The van der Waals surface area contributed by atoms with Crippen LogP contribution in [0.4, 0.5) is 0 Å². The Bertz CT molecular complexity index is 637. The van der Waals surface area contributed by atoms with Gasteiger partial charge in [0, 0.05) is 5.41 Å². The van der Waals surface area contributed by atoms with E-state index in [1.165, 1.54) is 82.6 Å². The first-order valence-electron chi connectivity index (χ1n) is 12.6. The SMILES string of the molecule is CCC(C)c1ccc(OC(OC2CCCCC2)C23CC4CC(CC(C4)C2)C3)cc1. The Morgan fingerprint density at radius 3 is 2.03 bits per heavy atom. The maximum atomic E-state index is 6.86. The van der Waals surface area contributed by atoms with Gasteiger partial charge in [-0.25, -0.2) is 0 Å². The summed E-state index contributed by atoms with van der Waals surface area (Å²) in [5.74, 6) is 4.40. The lowest BCUT2D eigenvalue weighted by molar-refractivity contribution is -0.236. The van der Waals surface area contributed by atoms with Crippen molar-refractivity contribution in [3.63, 3.8) is 0 Å². The summed E-state index contributed by atoms with van der Waals surface area (Å²) >= 11 is 0. The molecule has 0 heterocycles. The molecular weight excluding hydrogens is 356 g/mol. The quantitative estimate of drug-likeness (QED) is 0.445. The zero-order valence-electron chi connectivity index (χ0n) is 18.6. The molecule has 29 heavy (non-hydrogen) atoms. The second-order valence-corrected chi connectivity index (χ2v) is 11.0. The summed E-state index contributed by atoms with van der Waals surface area (Å²) in [6.45, 7) is 4.57. The van der Waals surface area contributed by atoms with Crippen molar-refractivity contribution in [1.29, 1.82) is 0 Å². The van der Waals surface area contributed by atoms with Crippen molar-refractivity contribution >= 4 is 0 Å². The monoisotopic (exact) mass is 396 g/mol. The van der Waals surface area contributed by atoms with Crippen molar-refractivity contribution in [3.05, 3.63) is 29.8 Å². The first-order chi connectivity index (χ1) is 14.1. The van der Waals surface area contributed by atoms with E-state index in [1.807, 2.05) is 0 Å². The lowest BCUT2D eigenvalue weighted by Gasteiger charge is -2.58. The molecule has 0 N–H and O–H groups in total. The van der Waals surface area contributed by atoms with Crippen molar-refractivity contribution in [1.82, 2.24) is 0 Å². The molecule has 0 saturated heterocycles. The van der Waals surface area contributed by atoms with Gasteiger partial charge in [0.25, 0.3) is 0 Å². The van der Waals surface area contributed by atoms with Gasteiger partial charge in [0.1, 0.15) is 5.75 Å². The molecule has 0 radical (unpaired) electrons. The first-order valence-corrected chi connectivity index (χ1v) is 12.6. The van der Waals surface area contributed by atoms with Crippen LogP contribution in [0.3, 0.4) is 0 Å². The highest BCUT2D eigenvalue weighted by Gasteiger charge is 2.56. The molecule has 2 atom stereocenters. The maximum absolute atomic E-state index is 6.86. The number of hydrogen-bond acceptors (Lipinski definition) is 2. The third-order valence-corrected chi connectivity index (χ3v) is 8.76. The van der Waals surface area contributed by atoms with Crippen molar-refractivity contribution in [2.24, 2.45) is 23.2 Å². The summed E-state index contributed by atoms with van der Waals surface area (Å²) in [5.41, 5.74) is 1.68. The van der Waals surface area contributed by atoms with Crippen LogP contribution in [0.25, 0.3) is 0 Å². The number of rotatable bonds is 7. The summed E-state index contributed by atoms with van der Waals surface area (Å²) in [6.07, 6.45) is 16.4. The van der Waals surface area contributed by atoms with E-state index < -0.39 is 0 Å². The van der Waals surface area contributed by atoms with Gasteiger partial charge in [0.05, 0.1) is 6.10 Å². The van der Waals surface area contributed by atoms with E-state index in [0.717, 1.165) is 23.5 Å². The van der Waals surface area contributed by atoms with Gasteiger partial charge in [-0.1, -0.05) is 45.2 Å². The fraction of sp³-hybridized carbons (Fsp3) is 0.778. The molecule has 0 spiro atoms. The van der Waals surface area contributed by atoms with Crippen LogP contribution < -0.4 is 4.74 Å². The molecular formula is C27H40O2. The van der Waals surface area contributed by atoms with Crippen molar-refractivity contribution in [3.8, 4) is 5.75 Å². The largest absolute Gasteiger partial charge is 0.464 e. The van der Waals surface area contributed by atoms with Crippen LogP contribution in [-0.4, -0.2) is 12.4 Å². The zero-order chi connectivity index (χ0) is 19.8. The molecule has 0 aromatic heterocycles. The van der Waals surface area contributed by atoms with Crippen molar-refractivity contribution in [2.45, 2.75) is 109 Å². The van der Waals surface area contributed by atoms with Crippen LogP contribution in [0.15, 0.2) is 24.3 Å². The van der Waals surface area contributed by atoms with Gasteiger partial charge in [-0.2, -0.15) is 0 Å². The Hall–Kier alpha value is -1.02. The molecule has 0 aliphatic heterocycles. The van der Waals surface area contributed by atoms with Gasteiger partial charge in [-0.05, 0) is 99.2 Å². The van der Waals surface area contributed by atoms with Gasteiger partial charge < -0.3 is 9.47 Å². The minimum atomic E-state index is -0.0477. The molecule has 1 aromatic rings. The molecule has 5 aliphatic carbocycles. The molecule has 2 unspecified atom stereocenters. The third-order valence-electron chi connectivity index (χ3n) is 8.76. The predicted octanol–water partition coefficient (Wildman–Crippen LogP) is 7.47. The van der Waals surface area contributed by atoms with Crippen LogP contribution in [0.5, 0.6) is 5.75 Å². The summed E-state index contributed by atoms with van der Waals surface area (Å²) in [4.78, 5) is 0. The molecule has 4 bridgehead atoms. The van der Waals surface area contributed by atoms with Crippen LogP contribution in [0.1, 0.15) is 102 Å². The van der Waals surface area contributed by atoms with Gasteiger partial charge in [0.15, 0.2) is 0 Å². The van der Waals surface area contributed by atoms with Crippen LogP contribution >= 0.6 is 0 Å². The molecule has 5 saturated carbocycles. The topological polar surface area (TPSA) is 18.5 Å². The Kier molecular flexibility index (Phi) is 5.67. The molecule has 160 valence electrons. The Morgan fingerprint density at radius 1 is 0.897 bits per heavy atom. The standard InChI is InChI=1S/C27H40O2/c1-3-19(2)23-9-11-25(12-10-23)29-26(28-24-7-5-4-6-8-24)27-16-20-13-21(17-27)15-22(14-20)18-27/h9-12,19-22,24,26H,3-8,13-18H2,1-2H3. The summed E-state index contributed by atoms with van der Waals surface area (Å²) in [6, 6.07) is 8.92. The van der Waals surface area contributed by atoms with Crippen molar-refractivity contribution < 1.29 is 9.47 Å². The zero-order valence-corrected chi connectivity index (χ0v) is 18.6. The Balaban J connectivity index is 1.37. The average Bonchev–Trinajstić information content (AvgIpc) is 2.73. The van der Waals surface area contributed by atoms with Gasteiger partial charge >= 0.3 is 0 Å². The lowest BCUT2D eigenvalue weighted by Crippen LogP contribution is -2.55. The van der Waals surface area contributed by atoms with E-state index in [1.54, 1.807) is 0 Å². The molecule has 5 fully saturated rings. The van der Waals surface area contributed by atoms with E-state index in [9.17, 15) is 0 Å². The molecule has 1 aromatic carbocycles. The van der Waals surface area contributed by atoms with Gasteiger partial charge in [0.2, 0.25) is 6.29 Å². The lowest BCUT2D eigenvalue weighted by atomic mass is 9.49. The molecule has 0 amide bonds. The predicted molar refractivity (Wildman–Crippen MR) is 118 cm³/mol. The fourth-order valence-corrected chi connectivity index (χ4v) is 7.37. The minimum Gasteiger partial charge on any atom is -0.464 e. The smallest absolute Gasteiger partial charge is 0.205 e. The molecule has 2 nitrogen and oxygen atoms in total. The molecule has 5 aliphatic rings. The number of ether oxygens (including phenoxy) is 2. The second-order valence-electron chi connectivity index (χ2n) is 11.0. The molecule has 6 rings (SSSR count). The fourth-order valence-electron chi connectivity index (χ4n) is 7.37. The van der Waals surface area contributed by atoms with E-state index >= 15 is 0 Å². The van der Waals surface area contributed by atoms with E-state index in [-0.39, 0.29) is 11.7 Å². The highest BCUT2D eigenvalue weighted by Crippen LogP contribution is 2.62. The Morgan fingerprint density at radius 2 is 1.48 bits per heavy atom. The van der Waals surface area contributed by atoms with Crippen LogP contribution in [-0.2, 0) is 4.74 Å². The maximum Gasteiger partial charge on any atom is 0.205 e. The van der Waals surface area contributed by atoms with E-state index in [2.05, 4.69) is 38.1 Å². The number of benzene rings is 1. The normalized spacial score (nSPS) is 36.1. The van der Waals surface area contributed by atoms with Crippen LogP contribution in [0.2, 0.25) is 0 Å². The van der Waals surface area contributed by atoms with E-state index in [4.69, 9.17) is 9.47 Å². The number of hydrogen-bond donors (Lipinski definition) is 0.